The molecule has 0 spiro atoms. The molecule has 3 rings (SSSR count). The minimum absolute atomic E-state index is 0.0144. The smallest absolute Gasteiger partial charge is 0.257 e. The number of benzene rings is 2. The Bertz CT molecular complexity index is 853. The summed E-state index contributed by atoms with van der Waals surface area (Å²) in [7, 11) is 1.73. The van der Waals surface area contributed by atoms with Crippen molar-refractivity contribution in [2.75, 3.05) is 7.05 Å². The minimum atomic E-state index is -0.200. The Kier molecular flexibility index (Phi) is 4.53. The van der Waals surface area contributed by atoms with E-state index in [1.165, 1.54) is 0 Å². The van der Waals surface area contributed by atoms with Crippen molar-refractivity contribution >= 4 is 27.5 Å². The van der Waals surface area contributed by atoms with E-state index in [1.807, 2.05) is 30.3 Å². The van der Waals surface area contributed by atoms with E-state index in [-0.39, 0.29) is 11.7 Å². The van der Waals surface area contributed by atoms with Crippen molar-refractivity contribution in [1.82, 2.24) is 9.88 Å². The van der Waals surface area contributed by atoms with Crippen molar-refractivity contribution in [2.24, 2.45) is 0 Å². The first kappa shape index (κ1) is 16.5. The molecule has 1 N–H and O–H groups in total. The number of para-hydroxylation sites is 1. The molecule has 0 aliphatic carbocycles. The molecule has 0 fully saturated rings. The topological polar surface area (TPSA) is 53.4 Å². The number of thiazole rings is 1. The van der Waals surface area contributed by atoms with E-state index in [1.54, 1.807) is 35.4 Å². The lowest BCUT2D eigenvalue weighted by Crippen LogP contribution is -2.26. The van der Waals surface area contributed by atoms with Crippen LogP contribution in [0.5, 0.6) is 5.75 Å². The molecule has 1 aromatic heterocycles. The van der Waals surface area contributed by atoms with Gasteiger partial charge in [-0.1, -0.05) is 32.0 Å². The molecule has 0 atom stereocenters. The Morgan fingerprint density at radius 1 is 1.25 bits per heavy atom. The van der Waals surface area contributed by atoms with Gasteiger partial charge in [0.2, 0.25) is 0 Å². The van der Waals surface area contributed by atoms with Crippen molar-refractivity contribution in [1.29, 1.82) is 0 Å². The van der Waals surface area contributed by atoms with Crippen LogP contribution in [0, 0.1) is 0 Å². The number of aromatic hydroxyl groups is 1. The van der Waals surface area contributed by atoms with Gasteiger partial charge >= 0.3 is 0 Å². The summed E-state index contributed by atoms with van der Waals surface area (Å²) in [5.41, 5.74) is 2.32. The van der Waals surface area contributed by atoms with Crippen molar-refractivity contribution in [3.8, 4) is 5.75 Å². The Balaban J connectivity index is 1.83. The molecule has 0 saturated heterocycles. The number of hydrogen-bond acceptors (Lipinski definition) is 4. The van der Waals surface area contributed by atoms with Gasteiger partial charge in [0.25, 0.3) is 5.91 Å². The Hall–Kier alpha value is -2.40. The number of phenols is 1. The van der Waals surface area contributed by atoms with E-state index in [4.69, 9.17) is 0 Å². The quantitative estimate of drug-likeness (QED) is 0.766. The van der Waals surface area contributed by atoms with Crippen molar-refractivity contribution in [3.63, 3.8) is 0 Å². The Morgan fingerprint density at radius 2 is 2.00 bits per heavy atom. The molecule has 124 valence electrons. The third-order valence-electron chi connectivity index (χ3n) is 3.97. The summed E-state index contributed by atoms with van der Waals surface area (Å²) in [6.07, 6.45) is 0. The number of aromatic nitrogens is 1. The zero-order valence-corrected chi connectivity index (χ0v) is 14.8. The number of amides is 1. The molecule has 0 aliphatic heterocycles. The molecule has 3 aromatic rings. The monoisotopic (exact) mass is 340 g/mol. The molecule has 1 heterocycles. The van der Waals surface area contributed by atoms with Crippen LogP contribution in [-0.2, 0) is 6.54 Å². The number of carbonyl (C=O) groups excluding carboxylic acids is 1. The normalized spacial score (nSPS) is 11.2. The molecule has 24 heavy (non-hydrogen) atoms. The summed E-state index contributed by atoms with van der Waals surface area (Å²) in [5, 5.41) is 10.9. The van der Waals surface area contributed by atoms with Gasteiger partial charge < -0.3 is 10.0 Å². The van der Waals surface area contributed by atoms with E-state index in [2.05, 4.69) is 18.8 Å². The van der Waals surface area contributed by atoms with E-state index < -0.39 is 0 Å². The van der Waals surface area contributed by atoms with E-state index in [0.29, 0.717) is 18.0 Å². The molecule has 5 heteroatoms. The first-order valence-electron chi connectivity index (χ1n) is 7.88. The molecular weight excluding hydrogens is 320 g/mol. The van der Waals surface area contributed by atoms with Gasteiger partial charge in [0, 0.05) is 7.05 Å². The molecule has 0 radical (unpaired) electrons. The van der Waals surface area contributed by atoms with Crippen molar-refractivity contribution in [3.05, 3.63) is 58.6 Å². The van der Waals surface area contributed by atoms with E-state index in [9.17, 15) is 9.90 Å². The molecule has 0 aliphatic rings. The van der Waals surface area contributed by atoms with E-state index >= 15 is 0 Å². The van der Waals surface area contributed by atoms with Crippen LogP contribution in [0.3, 0.4) is 0 Å². The molecule has 4 nitrogen and oxygen atoms in total. The highest BCUT2D eigenvalue weighted by Crippen LogP contribution is 2.26. The largest absolute Gasteiger partial charge is 0.507 e. The summed E-state index contributed by atoms with van der Waals surface area (Å²) >= 11 is 1.58. The van der Waals surface area contributed by atoms with Crippen LogP contribution >= 0.6 is 11.3 Å². The Morgan fingerprint density at radius 3 is 2.71 bits per heavy atom. The number of phenolic OH excluding ortho intramolecular Hbond substituents is 1. The highest BCUT2D eigenvalue weighted by molar-refractivity contribution is 7.18. The van der Waals surface area contributed by atoms with Crippen LogP contribution in [-0.4, -0.2) is 27.9 Å². The summed E-state index contributed by atoms with van der Waals surface area (Å²) in [5.74, 6) is 0.113. The lowest BCUT2D eigenvalue weighted by Gasteiger charge is -2.17. The standard InChI is InChI=1S/C19H20N2O2S/c1-12(2)13-8-9-16(22)14(10-13)19(23)21(3)11-18-20-15-6-4-5-7-17(15)24-18/h4-10,12,22H,11H2,1-3H3. The number of hydrogen-bond donors (Lipinski definition) is 1. The second kappa shape index (κ2) is 6.61. The van der Waals surface area contributed by atoms with Crippen LogP contribution < -0.4 is 0 Å². The van der Waals surface area contributed by atoms with Gasteiger partial charge in [-0.3, -0.25) is 4.79 Å². The maximum absolute atomic E-state index is 12.7. The zero-order chi connectivity index (χ0) is 17.3. The van der Waals surface area contributed by atoms with Gasteiger partial charge in [0.05, 0.1) is 22.3 Å². The number of carbonyl (C=O) groups is 1. The molecule has 0 bridgehead atoms. The van der Waals surface area contributed by atoms with Gasteiger partial charge in [-0.05, 0) is 35.7 Å². The highest BCUT2D eigenvalue weighted by Gasteiger charge is 2.18. The number of rotatable bonds is 4. The molecule has 1 amide bonds. The summed E-state index contributed by atoms with van der Waals surface area (Å²) in [4.78, 5) is 18.9. The van der Waals surface area contributed by atoms with Gasteiger partial charge in [-0.2, -0.15) is 0 Å². The van der Waals surface area contributed by atoms with Crippen LogP contribution in [0.25, 0.3) is 10.2 Å². The average Bonchev–Trinajstić information content (AvgIpc) is 2.96. The third kappa shape index (κ3) is 3.26. The highest BCUT2D eigenvalue weighted by atomic mass is 32.1. The minimum Gasteiger partial charge on any atom is -0.507 e. The van der Waals surface area contributed by atoms with Gasteiger partial charge in [-0.15, -0.1) is 11.3 Å². The fraction of sp³-hybridized carbons (Fsp3) is 0.263. The fourth-order valence-corrected chi connectivity index (χ4v) is 3.57. The first-order valence-corrected chi connectivity index (χ1v) is 8.70. The zero-order valence-electron chi connectivity index (χ0n) is 14.0. The predicted octanol–water partition coefficient (Wildman–Crippen LogP) is 4.40. The van der Waals surface area contributed by atoms with Gasteiger partial charge in [0.15, 0.2) is 0 Å². The van der Waals surface area contributed by atoms with Gasteiger partial charge in [-0.25, -0.2) is 4.98 Å². The van der Waals surface area contributed by atoms with Crippen molar-refractivity contribution < 1.29 is 9.90 Å². The molecule has 2 aromatic carbocycles. The van der Waals surface area contributed by atoms with Gasteiger partial charge in [0.1, 0.15) is 10.8 Å². The van der Waals surface area contributed by atoms with Crippen LogP contribution in [0.1, 0.15) is 40.7 Å². The Labute approximate surface area is 145 Å². The van der Waals surface area contributed by atoms with E-state index in [0.717, 1.165) is 20.8 Å². The average molecular weight is 340 g/mol. The maximum Gasteiger partial charge on any atom is 0.257 e. The lowest BCUT2D eigenvalue weighted by atomic mass is 10.00. The van der Waals surface area contributed by atoms with Crippen LogP contribution in [0.4, 0.5) is 0 Å². The second-order valence-electron chi connectivity index (χ2n) is 6.17. The van der Waals surface area contributed by atoms with Crippen molar-refractivity contribution in [2.45, 2.75) is 26.3 Å². The summed E-state index contributed by atoms with van der Waals surface area (Å²) in [6, 6.07) is 13.1. The number of fused-ring (bicyclic) bond motifs is 1. The SMILES string of the molecule is CC(C)c1ccc(O)c(C(=O)N(C)Cc2nc3ccccc3s2)c1. The second-order valence-corrected chi connectivity index (χ2v) is 7.28. The molecular formula is C19H20N2O2S. The predicted molar refractivity (Wildman–Crippen MR) is 97.6 cm³/mol. The summed E-state index contributed by atoms with van der Waals surface area (Å²) in [6.45, 7) is 4.54. The lowest BCUT2D eigenvalue weighted by molar-refractivity contribution is 0.0782. The third-order valence-corrected chi connectivity index (χ3v) is 5.00. The summed E-state index contributed by atoms with van der Waals surface area (Å²) < 4.78 is 1.11. The molecule has 0 saturated carbocycles. The number of nitrogens with zero attached hydrogens (tertiary/aromatic N) is 2. The van der Waals surface area contributed by atoms with Crippen LogP contribution in [0.15, 0.2) is 42.5 Å². The van der Waals surface area contributed by atoms with Crippen LogP contribution in [0.2, 0.25) is 0 Å². The first-order chi connectivity index (χ1) is 11.5. The fourth-order valence-electron chi connectivity index (χ4n) is 2.55. The maximum atomic E-state index is 12.7. The molecule has 0 unspecified atom stereocenters.